The van der Waals surface area contributed by atoms with Gasteiger partial charge in [-0.1, -0.05) is 44.6 Å². The normalized spacial score (nSPS) is 10.8. The van der Waals surface area contributed by atoms with Gasteiger partial charge in [0.05, 0.1) is 11.5 Å². The SMILES string of the molecule is C.C.C.C.C.C.Cc1c(C)c(C)c(CN(C)CC(C)(C#N)c2c(C)c(C)c(C)c(C)c2C)c(C)c1C.II. The zero-order valence-electron chi connectivity index (χ0n) is 22.1. The van der Waals surface area contributed by atoms with Gasteiger partial charge < -0.3 is 4.90 Å². The van der Waals surface area contributed by atoms with Crippen LogP contribution >= 0.6 is 37.2 Å². The molecular formula is C34H64I2N2. The van der Waals surface area contributed by atoms with Gasteiger partial charge in [-0.2, -0.15) is 5.26 Å². The van der Waals surface area contributed by atoms with Crippen molar-refractivity contribution in [3.63, 3.8) is 0 Å². The van der Waals surface area contributed by atoms with E-state index in [1.165, 1.54) is 66.8 Å². The van der Waals surface area contributed by atoms with Gasteiger partial charge in [0.2, 0.25) is 0 Å². The van der Waals surface area contributed by atoms with Crippen LogP contribution in [0.25, 0.3) is 0 Å². The summed E-state index contributed by atoms with van der Waals surface area (Å²) in [7, 11) is 2.15. The molecule has 0 radical (unpaired) electrons. The summed E-state index contributed by atoms with van der Waals surface area (Å²) < 4.78 is 0. The molecule has 2 nitrogen and oxygen atoms in total. The molecule has 0 saturated carbocycles. The molecule has 1 atom stereocenters. The first-order valence-electron chi connectivity index (χ1n) is 11.2. The predicted octanol–water partition coefficient (Wildman–Crippen LogP) is 12.3. The van der Waals surface area contributed by atoms with Crippen LogP contribution in [0.3, 0.4) is 0 Å². The molecule has 2 aromatic rings. The lowest BCUT2D eigenvalue weighted by molar-refractivity contribution is 0.279. The molecule has 0 spiro atoms. The van der Waals surface area contributed by atoms with Crippen molar-refractivity contribution in [2.45, 2.75) is 133 Å². The van der Waals surface area contributed by atoms with Crippen LogP contribution in [0.5, 0.6) is 0 Å². The zero-order valence-corrected chi connectivity index (χ0v) is 26.4. The molecule has 38 heavy (non-hydrogen) atoms. The Hall–Kier alpha value is -0.650. The topological polar surface area (TPSA) is 27.0 Å². The molecule has 0 amide bonds. The highest BCUT2D eigenvalue weighted by Crippen LogP contribution is 2.36. The number of hydrogen-bond donors (Lipinski definition) is 0. The minimum absolute atomic E-state index is 0. The molecule has 0 fully saturated rings. The van der Waals surface area contributed by atoms with Crippen molar-refractivity contribution in [2.75, 3.05) is 13.6 Å². The van der Waals surface area contributed by atoms with Gasteiger partial charge in [-0.3, -0.25) is 0 Å². The average molecular weight is 755 g/mol. The van der Waals surface area contributed by atoms with E-state index in [1.807, 2.05) is 0 Å². The molecule has 0 bridgehead atoms. The van der Waals surface area contributed by atoms with Gasteiger partial charge in [0.25, 0.3) is 0 Å². The van der Waals surface area contributed by atoms with Crippen LogP contribution in [0.2, 0.25) is 0 Å². The summed E-state index contributed by atoms with van der Waals surface area (Å²) in [4.78, 5) is 2.33. The Morgan fingerprint density at radius 2 is 0.842 bits per heavy atom. The summed E-state index contributed by atoms with van der Waals surface area (Å²) in [6.07, 6.45) is 0. The number of rotatable bonds is 5. The highest BCUT2D eigenvalue weighted by atomic mass is 128. The molecule has 0 heterocycles. The number of benzene rings is 2. The Balaban J connectivity index is -0.000000312. The first-order valence-corrected chi connectivity index (χ1v) is 17.4. The van der Waals surface area contributed by atoms with Crippen molar-refractivity contribution < 1.29 is 0 Å². The number of halogens is 2. The molecule has 2 rings (SSSR count). The predicted molar refractivity (Wildman–Crippen MR) is 198 cm³/mol. The van der Waals surface area contributed by atoms with Crippen LogP contribution in [0.4, 0.5) is 0 Å². The standard InChI is InChI=1S/C28H40N2.6CH4.I2/c1-16-18(3)22(7)26(23(8)19(16)4)13-30(12)15-28(11,14-29)27-24(9)20(5)17(2)21(6)25(27)10;;;;;;;1-2/h13,15H2,1-12H3;6*1H4;. The van der Waals surface area contributed by atoms with E-state index < -0.39 is 5.41 Å². The summed E-state index contributed by atoms with van der Waals surface area (Å²) in [5.74, 6) is 0. The van der Waals surface area contributed by atoms with Gasteiger partial charge in [0.15, 0.2) is 0 Å². The molecule has 0 aliphatic heterocycles. The summed E-state index contributed by atoms with van der Waals surface area (Å²) in [6, 6.07) is 2.69. The summed E-state index contributed by atoms with van der Waals surface area (Å²) in [5.41, 5.74) is 15.5. The maximum Gasteiger partial charge on any atom is 0.0926 e. The van der Waals surface area contributed by atoms with Crippen LogP contribution in [0, 0.1) is 80.6 Å². The second-order valence-corrected chi connectivity index (χ2v) is 9.72. The molecule has 1 unspecified atom stereocenters. The number of hydrogen-bond acceptors (Lipinski definition) is 2. The van der Waals surface area contributed by atoms with E-state index in [2.05, 4.69) is 131 Å². The Kier molecular flexibility index (Phi) is 26.8. The number of likely N-dealkylation sites (N-methyl/N-ethyl adjacent to an activating group) is 1. The fourth-order valence-electron chi connectivity index (χ4n) is 5.18. The fourth-order valence-corrected chi connectivity index (χ4v) is 5.18. The first-order chi connectivity index (χ1) is 14.8. The number of nitriles is 1. The van der Waals surface area contributed by atoms with Gasteiger partial charge in [-0.05, 0) is 150 Å². The van der Waals surface area contributed by atoms with Crippen LogP contribution in [-0.2, 0) is 12.0 Å². The molecular weight excluding hydrogens is 690 g/mol. The van der Waals surface area contributed by atoms with Crippen molar-refractivity contribution in [1.82, 2.24) is 4.90 Å². The second kappa shape index (κ2) is 20.3. The van der Waals surface area contributed by atoms with E-state index in [0.29, 0.717) is 6.54 Å². The van der Waals surface area contributed by atoms with Crippen molar-refractivity contribution in [3.8, 4) is 6.07 Å². The molecule has 2 aromatic carbocycles. The minimum Gasteiger partial charge on any atom is -0.300 e. The summed E-state index contributed by atoms with van der Waals surface area (Å²) in [5, 5.41) is 10.3. The summed E-state index contributed by atoms with van der Waals surface area (Å²) >= 11 is 4.24. The maximum absolute atomic E-state index is 10.3. The monoisotopic (exact) mass is 754 g/mol. The van der Waals surface area contributed by atoms with Gasteiger partial charge in [-0.25, -0.2) is 0 Å². The molecule has 0 aromatic heterocycles. The van der Waals surface area contributed by atoms with E-state index in [-0.39, 0.29) is 44.6 Å². The quantitative estimate of drug-likeness (QED) is 0.284. The smallest absolute Gasteiger partial charge is 0.0926 e. The third kappa shape index (κ3) is 9.77. The molecule has 0 aliphatic rings. The molecule has 0 N–H and O–H groups in total. The number of nitrogens with zero attached hydrogens (tertiary/aromatic N) is 2. The molecule has 0 aliphatic carbocycles. The highest BCUT2D eigenvalue weighted by molar-refractivity contribution is 15.0. The largest absolute Gasteiger partial charge is 0.300 e. The minimum atomic E-state index is -0.553. The zero-order chi connectivity index (χ0) is 25.1. The second-order valence-electron chi connectivity index (χ2n) is 9.72. The third-order valence-electron chi connectivity index (χ3n) is 7.97. The van der Waals surface area contributed by atoms with Crippen molar-refractivity contribution in [2.24, 2.45) is 0 Å². The van der Waals surface area contributed by atoms with Crippen LogP contribution in [0.1, 0.15) is 118 Å². The van der Waals surface area contributed by atoms with E-state index in [1.54, 1.807) is 0 Å². The van der Waals surface area contributed by atoms with Gasteiger partial charge in [0.1, 0.15) is 0 Å². The molecule has 224 valence electrons. The maximum atomic E-state index is 10.3. The van der Waals surface area contributed by atoms with Gasteiger partial charge in [-0.15, -0.1) is 0 Å². The molecule has 4 heteroatoms. The van der Waals surface area contributed by atoms with E-state index in [0.717, 1.165) is 6.54 Å². The Morgan fingerprint density at radius 1 is 0.579 bits per heavy atom. The Labute approximate surface area is 264 Å². The van der Waals surface area contributed by atoms with Gasteiger partial charge in [0, 0.05) is 50.3 Å². The van der Waals surface area contributed by atoms with Gasteiger partial charge >= 0.3 is 0 Å². The third-order valence-corrected chi connectivity index (χ3v) is 7.97. The first kappa shape index (κ1) is 50.2. The molecule has 0 saturated heterocycles. The van der Waals surface area contributed by atoms with Crippen molar-refractivity contribution >= 4 is 37.2 Å². The Morgan fingerprint density at radius 3 is 1.13 bits per heavy atom. The van der Waals surface area contributed by atoms with E-state index in [4.69, 9.17) is 0 Å². The lowest BCUT2D eigenvalue weighted by Gasteiger charge is -2.33. The van der Waals surface area contributed by atoms with E-state index in [9.17, 15) is 5.26 Å². The lowest BCUT2D eigenvalue weighted by Crippen LogP contribution is -2.37. The van der Waals surface area contributed by atoms with Crippen molar-refractivity contribution in [1.29, 1.82) is 5.26 Å². The average Bonchev–Trinajstić information content (AvgIpc) is 2.77. The van der Waals surface area contributed by atoms with Crippen LogP contribution in [0.15, 0.2) is 0 Å². The van der Waals surface area contributed by atoms with Crippen LogP contribution < -0.4 is 0 Å². The highest BCUT2D eigenvalue weighted by Gasteiger charge is 2.33. The summed E-state index contributed by atoms with van der Waals surface area (Å²) in [6.45, 7) is 25.8. The Bertz CT molecular complexity index is 990. The van der Waals surface area contributed by atoms with Crippen molar-refractivity contribution in [3.05, 3.63) is 66.8 Å². The van der Waals surface area contributed by atoms with Crippen LogP contribution in [-0.4, -0.2) is 18.5 Å². The fraction of sp³-hybridized carbons (Fsp3) is 0.618. The lowest BCUT2D eigenvalue weighted by atomic mass is 9.75. The van der Waals surface area contributed by atoms with E-state index >= 15 is 0 Å².